The fourth-order valence-corrected chi connectivity index (χ4v) is 5.49. The van der Waals surface area contributed by atoms with Gasteiger partial charge in [0.25, 0.3) is 0 Å². The monoisotopic (exact) mass is 475 g/mol. The summed E-state index contributed by atoms with van der Waals surface area (Å²) in [7, 11) is 3.55. The molecular weight excluding hydrogens is 445 g/mol. The van der Waals surface area contributed by atoms with Gasteiger partial charge >= 0.3 is 0 Å². The van der Waals surface area contributed by atoms with Crippen molar-refractivity contribution in [3.63, 3.8) is 0 Å². The van der Waals surface area contributed by atoms with Gasteiger partial charge in [-0.05, 0) is 52.9 Å². The zero-order valence-corrected chi connectivity index (χ0v) is 20.9. The molecule has 3 heterocycles. The zero-order valence-electron chi connectivity index (χ0n) is 20.9. The van der Waals surface area contributed by atoms with Crippen molar-refractivity contribution in [1.29, 1.82) is 5.26 Å². The number of nitrogens with zero attached hydrogens (tertiary/aromatic N) is 4. The number of hydrogen-bond donors (Lipinski definition) is 1. The average Bonchev–Trinajstić information content (AvgIpc) is 3.20. The molecule has 1 N–H and O–H groups in total. The molecule has 0 radical (unpaired) electrons. The number of nitrogens with one attached hydrogen (secondary N) is 1. The van der Waals surface area contributed by atoms with Gasteiger partial charge in [-0.2, -0.15) is 5.26 Å². The molecule has 0 amide bonds. The summed E-state index contributed by atoms with van der Waals surface area (Å²) in [5.74, 6) is -0.539. The summed E-state index contributed by atoms with van der Waals surface area (Å²) in [4.78, 5) is 21.6. The molecule has 182 valence electrons. The summed E-state index contributed by atoms with van der Waals surface area (Å²) < 4.78 is 23.7. The lowest BCUT2D eigenvalue weighted by Crippen LogP contribution is -2.55. The molecule has 5 rings (SSSR count). The van der Waals surface area contributed by atoms with Crippen molar-refractivity contribution in [3.8, 4) is 11.8 Å². The topological polar surface area (TPSA) is 77.3 Å². The van der Waals surface area contributed by atoms with E-state index in [9.17, 15) is 10.1 Å². The van der Waals surface area contributed by atoms with E-state index in [1.807, 2.05) is 24.5 Å². The Kier molecular flexibility index (Phi) is 5.48. The van der Waals surface area contributed by atoms with Gasteiger partial charge in [0.2, 0.25) is 5.43 Å². The molecule has 2 aromatic heterocycles. The number of anilines is 1. The molecule has 1 aliphatic heterocycles. The number of likely N-dealkylation sites (N-methyl/N-ethyl adjacent to an activating group) is 1. The Morgan fingerprint density at radius 1 is 1.17 bits per heavy atom. The van der Waals surface area contributed by atoms with Crippen LogP contribution < -0.4 is 15.1 Å². The second kappa shape index (κ2) is 8.28. The van der Waals surface area contributed by atoms with Gasteiger partial charge in [-0.15, -0.1) is 0 Å². The van der Waals surface area contributed by atoms with Gasteiger partial charge in [0, 0.05) is 42.1 Å². The van der Waals surface area contributed by atoms with Crippen LogP contribution >= 0.6 is 0 Å². The molecular formula is C27H30FN5O2. The van der Waals surface area contributed by atoms with Crippen molar-refractivity contribution < 1.29 is 9.13 Å². The van der Waals surface area contributed by atoms with E-state index in [1.165, 1.54) is 7.11 Å². The van der Waals surface area contributed by atoms with Crippen molar-refractivity contribution in [3.05, 3.63) is 45.9 Å². The summed E-state index contributed by atoms with van der Waals surface area (Å²) >= 11 is 0. The molecule has 2 aromatic carbocycles. The van der Waals surface area contributed by atoms with E-state index >= 15 is 4.39 Å². The van der Waals surface area contributed by atoms with Crippen molar-refractivity contribution in [2.45, 2.75) is 45.8 Å². The van der Waals surface area contributed by atoms with Crippen LogP contribution in [0.15, 0.2) is 29.1 Å². The Morgan fingerprint density at radius 2 is 1.86 bits per heavy atom. The quantitative estimate of drug-likeness (QED) is 0.462. The summed E-state index contributed by atoms with van der Waals surface area (Å²) in [6, 6.07) is 9.68. The molecule has 0 bridgehead atoms. The highest BCUT2D eigenvalue weighted by Gasteiger charge is 2.31. The first kappa shape index (κ1) is 23.2. The Labute approximate surface area is 203 Å². The first-order valence-corrected chi connectivity index (χ1v) is 11.9. The lowest BCUT2D eigenvalue weighted by Gasteiger charge is -2.43. The first-order valence-electron chi connectivity index (χ1n) is 11.9. The molecule has 0 aliphatic carbocycles. The minimum absolute atomic E-state index is 0.0206. The smallest absolute Gasteiger partial charge is 0.202 e. The molecule has 0 unspecified atom stereocenters. The number of methoxy groups -OCH3 is 1. The lowest BCUT2D eigenvalue weighted by atomic mass is 10.0. The van der Waals surface area contributed by atoms with Crippen LogP contribution in [0.4, 0.5) is 10.1 Å². The zero-order chi connectivity index (χ0) is 25.2. The minimum atomic E-state index is -0.636. The van der Waals surface area contributed by atoms with E-state index in [2.05, 4.69) is 41.7 Å². The Bertz CT molecular complexity index is 1570. The van der Waals surface area contributed by atoms with Crippen LogP contribution in [0.3, 0.4) is 0 Å². The van der Waals surface area contributed by atoms with E-state index in [-0.39, 0.29) is 34.7 Å². The van der Waals surface area contributed by atoms with Gasteiger partial charge in [0.05, 0.1) is 40.7 Å². The van der Waals surface area contributed by atoms with Crippen molar-refractivity contribution in [2.75, 3.05) is 32.1 Å². The predicted octanol–water partition coefficient (Wildman–Crippen LogP) is 4.77. The van der Waals surface area contributed by atoms with Crippen LogP contribution in [-0.2, 0) is 0 Å². The van der Waals surface area contributed by atoms with Crippen LogP contribution in [0.5, 0.6) is 5.75 Å². The number of aromatic amines is 1. The maximum Gasteiger partial charge on any atom is 0.202 e. The Hall–Kier alpha value is -3.57. The normalized spacial score (nSPS) is 19.2. The standard InChI is InChI=1S/C27H30FN5O2/c1-14(2)33-20-10-21(32-12-15(3)31(5)16(4)13-32)26(35-6)24(28)23(20)25(34)22-18-8-7-17(11-29)9-19(18)30-27(22)33/h7-10,14-16,30H,12-13H2,1-6H3/t15-,16+. The number of piperazine rings is 1. The molecule has 35 heavy (non-hydrogen) atoms. The number of nitriles is 1. The highest BCUT2D eigenvalue weighted by atomic mass is 19.1. The molecule has 8 heteroatoms. The summed E-state index contributed by atoms with van der Waals surface area (Å²) in [6.45, 7) is 9.77. The predicted molar refractivity (Wildman–Crippen MR) is 138 cm³/mol. The first-order chi connectivity index (χ1) is 16.7. The third-order valence-electron chi connectivity index (χ3n) is 7.46. The number of pyridine rings is 1. The molecule has 1 fully saturated rings. The number of aromatic nitrogens is 2. The second-order valence-electron chi connectivity index (χ2n) is 9.92. The maximum absolute atomic E-state index is 16.2. The highest BCUT2D eigenvalue weighted by Crippen LogP contribution is 2.40. The lowest BCUT2D eigenvalue weighted by molar-refractivity contribution is 0.169. The largest absolute Gasteiger partial charge is 0.492 e. The van der Waals surface area contributed by atoms with Crippen molar-refractivity contribution >= 4 is 38.5 Å². The Morgan fingerprint density at radius 3 is 2.46 bits per heavy atom. The average molecular weight is 476 g/mol. The van der Waals surface area contributed by atoms with Crippen LogP contribution in [0, 0.1) is 17.1 Å². The van der Waals surface area contributed by atoms with Gasteiger partial charge in [0.1, 0.15) is 5.65 Å². The van der Waals surface area contributed by atoms with Crippen LogP contribution in [0.25, 0.3) is 32.8 Å². The van der Waals surface area contributed by atoms with E-state index in [4.69, 9.17) is 4.74 Å². The highest BCUT2D eigenvalue weighted by molar-refractivity contribution is 6.10. The third-order valence-corrected chi connectivity index (χ3v) is 7.46. The van der Waals surface area contributed by atoms with E-state index < -0.39 is 5.82 Å². The van der Waals surface area contributed by atoms with Crippen LogP contribution in [0.2, 0.25) is 0 Å². The number of rotatable bonds is 3. The number of hydrogen-bond acceptors (Lipinski definition) is 5. The fraction of sp³-hybridized carbons (Fsp3) is 0.407. The number of benzene rings is 2. The van der Waals surface area contributed by atoms with Crippen LogP contribution in [0.1, 0.15) is 39.3 Å². The van der Waals surface area contributed by atoms with E-state index in [1.54, 1.807) is 18.2 Å². The Balaban J connectivity index is 1.89. The SMILES string of the molecule is COc1c(N2C[C@@H](C)N(C)[C@@H](C)C2)cc2c(c1F)c(=O)c1c3ccc(C#N)cc3[nH]c1n2C(C)C. The molecule has 0 saturated carbocycles. The van der Waals surface area contributed by atoms with Gasteiger partial charge in [-0.1, -0.05) is 6.07 Å². The van der Waals surface area contributed by atoms with Crippen molar-refractivity contribution in [2.24, 2.45) is 0 Å². The number of ether oxygens (including phenoxy) is 1. The van der Waals surface area contributed by atoms with Gasteiger partial charge in [-0.25, -0.2) is 4.39 Å². The van der Waals surface area contributed by atoms with E-state index in [0.717, 1.165) is 13.1 Å². The fourth-order valence-electron chi connectivity index (χ4n) is 5.49. The summed E-state index contributed by atoms with van der Waals surface area (Å²) in [5.41, 5.74) is 2.58. The molecule has 1 aliphatic rings. The summed E-state index contributed by atoms with van der Waals surface area (Å²) in [6.07, 6.45) is 0. The molecule has 1 saturated heterocycles. The van der Waals surface area contributed by atoms with Gasteiger partial charge < -0.3 is 19.2 Å². The molecule has 7 nitrogen and oxygen atoms in total. The van der Waals surface area contributed by atoms with Crippen molar-refractivity contribution in [1.82, 2.24) is 14.5 Å². The third kappa shape index (κ3) is 3.37. The molecule has 4 aromatic rings. The summed E-state index contributed by atoms with van der Waals surface area (Å²) in [5, 5.41) is 10.4. The second-order valence-corrected chi connectivity index (χ2v) is 9.92. The minimum Gasteiger partial charge on any atom is -0.492 e. The number of halogens is 1. The maximum atomic E-state index is 16.2. The molecule has 0 spiro atoms. The molecule has 2 atom stereocenters. The van der Waals surface area contributed by atoms with E-state index in [0.29, 0.717) is 38.7 Å². The van der Waals surface area contributed by atoms with Gasteiger partial charge in [-0.3, -0.25) is 9.69 Å². The van der Waals surface area contributed by atoms with Crippen LogP contribution in [-0.4, -0.2) is 53.8 Å². The number of fused-ring (bicyclic) bond motifs is 4. The number of H-pyrrole nitrogens is 1. The van der Waals surface area contributed by atoms with Gasteiger partial charge in [0.15, 0.2) is 11.6 Å².